The van der Waals surface area contributed by atoms with Gasteiger partial charge in [-0.3, -0.25) is 0 Å². The molecule has 0 spiro atoms. The van der Waals surface area contributed by atoms with Crippen LogP contribution in [0.15, 0.2) is 60.7 Å². The summed E-state index contributed by atoms with van der Waals surface area (Å²) in [7, 11) is 0. The van der Waals surface area contributed by atoms with E-state index in [2.05, 4.69) is 0 Å². The number of anilines is 3. The first kappa shape index (κ1) is 24.0. The van der Waals surface area contributed by atoms with Crippen LogP contribution in [-0.2, 0) is 0 Å². The normalized spacial score (nSPS) is 10.9. The third-order valence-corrected chi connectivity index (χ3v) is 6.41. The van der Waals surface area contributed by atoms with Crippen molar-refractivity contribution in [1.82, 2.24) is 0 Å². The van der Waals surface area contributed by atoms with Gasteiger partial charge in [0, 0.05) is 17.2 Å². The lowest BCUT2D eigenvalue weighted by Crippen LogP contribution is -2.14. The number of aromatic hydroxyl groups is 3. The van der Waals surface area contributed by atoms with Crippen molar-refractivity contribution in [3.8, 4) is 28.7 Å². The largest absolute Gasteiger partial charge is 0.508 e. The number of aryl methyl sites for hydroxylation is 3. The van der Waals surface area contributed by atoms with Crippen LogP contribution in [0.1, 0.15) is 33.4 Å². The van der Waals surface area contributed by atoms with Crippen molar-refractivity contribution in [2.45, 2.75) is 41.5 Å². The second-order valence-electron chi connectivity index (χ2n) is 9.15. The van der Waals surface area contributed by atoms with Gasteiger partial charge in [-0.15, -0.1) is 0 Å². The molecule has 0 atom stereocenters. The van der Waals surface area contributed by atoms with Crippen molar-refractivity contribution in [3.63, 3.8) is 0 Å². The summed E-state index contributed by atoms with van der Waals surface area (Å²) < 4.78 is 6.40. The van der Waals surface area contributed by atoms with Crippen molar-refractivity contribution in [3.05, 3.63) is 94.0 Å². The Labute approximate surface area is 206 Å². The lowest BCUT2D eigenvalue weighted by atomic mass is 10.0. The Morgan fingerprint density at radius 1 is 0.571 bits per heavy atom. The molecular formula is C30H31NO4. The quantitative estimate of drug-likeness (QED) is 0.277. The minimum atomic E-state index is 0.135. The molecule has 0 unspecified atom stereocenters. The summed E-state index contributed by atoms with van der Waals surface area (Å²) >= 11 is 0. The minimum absolute atomic E-state index is 0.135. The molecule has 0 aromatic heterocycles. The van der Waals surface area contributed by atoms with E-state index in [0.29, 0.717) is 22.6 Å². The van der Waals surface area contributed by atoms with Gasteiger partial charge >= 0.3 is 0 Å². The van der Waals surface area contributed by atoms with E-state index in [1.807, 2.05) is 82.8 Å². The number of benzene rings is 4. The summed E-state index contributed by atoms with van der Waals surface area (Å²) in [6.07, 6.45) is 0. The number of phenolic OH excluding ortho intramolecular Hbond substituents is 3. The number of rotatable bonds is 5. The third-order valence-electron chi connectivity index (χ3n) is 6.41. The molecule has 0 aliphatic rings. The number of nitrogens with zero attached hydrogens (tertiary/aromatic N) is 1. The molecule has 35 heavy (non-hydrogen) atoms. The third kappa shape index (κ3) is 4.62. The maximum atomic E-state index is 10.7. The summed E-state index contributed by atoms with van der Waals surface area (Å²) in [4.78, 5) is 2.00. The Morgan fingerprint density at radius 2 is 1.11 bits per heavy atom. The Balaban J connectivity index is 2.00. The van der Waals surface area contributed by atoms with E-state index in [0.717, 1.165) is 39.3 Å². The molecule has 0 bridgehead atoms. The molecule has 0 fully saturated rings. The smallest absolute Gasteiger partial charge is 0.151 e. The Hall–Kier alpha value is -4.12. The van der Waals surface area contributed by atoms with E-state index in [9.17, 15) is 15.3 Å². The molecule has 4 rings (SSSR count). The van der Waals surface area contributed by atoms with Gasteiger partial charge in [-0.2, -0.15) is 0 Å². The van der Waals surface area contributed by atoms with E-state index in [-0.39, 0.29) is 17.2 Å². The van der Waals surface area contributed by atoms with E-state index < -0.39 is 0 Å². The van der Waals surface area contributed by atoms with Gasteiger partial charge in [-0.1, -0.05) is 12.1 Å². The summed E-state index contributed by atoms with van der Waals surface area (Å²) in [5.74, 6) is 1.65. The first-order valence-electron chi connectivity index (χ1n) is 11.5. The van der Waals surface area contributed by atoms with Gasteiger partial charge in [0.25, 0.3) is 0 Å². The number of ether oxygens (including phenoxy) is 1. The zero-order chi connectivity index (χ0) is 25.4. The van der Waals surface area contributed by atoms with Gasteiger partial charge < -0.3 is 25.0 Å². The van der Waals surface area contributed by atoms with E-state index >= 15 is 0 Å². The van der Waals surface area contributed by atoms with Crippen LogP contribution in [0, 0.1) is 41.5 Å². The van der Waals surface area contributed by atoms with Gasteiger partial charge in [0.2, 0.25) is 0 Å². The van der Waals surface area contributed by atoms with Gasteiger partial charge in [0.1, 0.15) is 23.0 Å². The summed E-state index contributed by atoms with van der Waals surface area (Å²) in [6.45, 7) is 11.5. The summed E-state index contributed by atoms with van der Waals surface area (Å²) in [5, 5.41) is 31.5. The molecule has 4 aromatic carbocycles. The molecule has 0 amide bonds. The van der Waals surface area contributed by atoms with E-state index in [1.54, 1.807) is 24.3 Å². The molecular weight excluding hydrogens is 438 g/mol. The number of para-hydroxylation sites is 2. The van der Waals surface area contributed by atoms with Crippen LogP contribution < -0.4 is 9.64 Å². The summed E-state index contributed by atoms with van der Waals surface area (Å²) in [6, 6.07) is 18.4. The van der Waals surface area contributed by atoms with Crippen LogP contribution in [0.2, 0.25) is 0 Å². The fourth-order valence-electron chi connectivity index (χ4n) is 4.26. The predicted octanol–water partition coefficient (Wildman–Crippen LogP) is 7.92. The molecule has 0 saturated carbocycles. The highest BCUT2D eigenvalue weighted by Gasteiger charge is 2.23. The van der Waals surface area contributed by atoms with Crippen molar-refractivity contribution >= 4 is 17.1 Å². The van der Waals surface area contributed by atoms with Crippen LogP contribution in [-0.4, -0.2) is 15.3 Å². The lowest BCUT2D eigenvalue weighted by molar-refractivity contribution is 0.452. The molecule has 180 valence electrons. The number of hydrogen-bond donors (Lipinski definition) is 3. The average Bonchev–Trinajstić information content (AvgIpc) is 2.79. The highest BCUT2D eigenvalue weighted by atomic mass is 16.5. The fourth-order valence-corrected chi connectivity index (χ4v) is 4.26. The van der Waals surface area contributed by atoms with Gasteiger partial charge in [0.05, 0.1) is 17.1 Å². The predicted molar refractivity (Wildman–Crippen MR) is 141 cm³/mol. The molecule has 0 aliphatic carbocycles. The second kappa shape index (κ2) is 9.26. The van der Waals surface area contributed by atoms with Crippen LogP contribution in [0.25, 0.3) is 0 Å². The number of phenols is 3. The van der Waals surface area contributed by atoms with Gasteiger partial charge in [0.15, 0.2) is 5.75 Å². The highest BCUT2D eigenvalue weighted by molar-refractivity contribution is 5.85. The zero-order valence-electron chi connectivity index (χ0n) is 21.0. The molecule has 5 nitrogen and oxygen atoms in total. The average molecular weight is 470 g/mol. The molecule has 3 N–H and O–H groups in total. The molecule has 0 radical (unpaired) electrons. The first-order chi connectivity index (χ1) is 16.6. The first-order valence-corrected chi connectivity index (χ1v) is 11.5. The van der Waals surface area contributed by atoms with Crippen LogP contribution in [0.5, 0.6) is 28.7 Å². The maximum Gasteiger partial charge on any atom is 0.151 e. The van der Waals surface area contributed by atoms with Crippen molar-refractivity contribution < 1.29 is 20.1 Å². The van der Waals surface area contributed by atoms with Crippen LogP contribution in [0.3, 0.4) is 0 Å². The van der Waals surface area contributed by atoms with Crippen molar-refractivity contribution in [2.24, 2.45) is 0 Å². The van der Waals surface area contributed by atoms with Crippen LogP contribution in [0.4, 0.5) is 17.1 Å². The molecule has 4 aromatic rings. The Kier molecular flexibility index (Phi) is 6.35. The highest BCUT2D eigenvalue weighted by Crippen LogP contribution is 2.47. The topological polar surface area (TPSA) is 73.2 Å². The van der Waals surface area contributed by atoms with Crippen LogP contribution >= 0.6 is 0 Å². The SMILES string of the molecule is Cc1cc(O)c(C)c(N(c2ccccc2Oc2cc(O)cc(C)c2C)c2cc(C)cc(O)c2C)c1. The van der Waals surface area contributed by atoms with E-state index in [1.165, 1.54) is 0 Å². The molecule has 0 heterocycles. The van der Waals surface area contributed by atoms with Gasteiger partial charge in [-0.05, 0) is 106 Å². The molecule has 5 heteroatoms. The standard InChI is InChI=1S/C30H31NO4/c1-17-11-25(21(5)27(33)13-17)31(26-12-18(2)14-28(34)22(26)6)24-9-7-8-10-29(24)35-30-16-23(32)15-19(3)20(30)4/h7-16,32-34H,1-6H3. The fraction of sp³-hybridized carbons (Fsp3) is 0.200. The van der Waals surface area contributed by atoms with Gasteiger partial charge in [-0.25, -0.2) is 0 Å². The second-order valence-corrected chi connectivity index (χ2v) is 9.15. The lowest BCUT2D eigenvalue weighted by Gasteiger charge is -2.31. The van der Waals surface area contributed by atoms with Crippen molar-refractivity contribution in [1.29, 1.82) is 0 Å². The monoisotopic (exact) mass is 469 g/mol. The Morgan fingerprint density at radius 3 is 1.69 bits per heavy atom. The maximum absolute atomic E-state index is 10.7. The molecule has 0 aliphatic heterocycles. The molecule has 0 saturated heterocycles. The summed E-state index contributed by atoms with van der Waals surface area (Å²) in [5.41, 5.74) is 7.34. The van der Waals surface area contributed by atoms with E-state index in [4.69, 9.17) is 4.74 Å². The zero-order valence-corrected chi connectivity index (χ0v) is 21.0. The Bertz CT molecular complexity index is 1370. The number of hydrogen-bond acceptors (Lipinski definition) is 5. The van der Waals surface area contributed by atoms with Crippen molar-refractivity contribution in [2.75, 3.05) is 4.90 Å². The minimum Gasteiger partial charge on any atom is -0.508 e.